The lowest BCUT2D eigenvalue weighted by atomic mass is 10.2. The van der Waals surface area contributed by atoms with E-state index in [-0.39, 0.29) is 16.6 Å². The number of hydrogen-bond donors (Lipinski definition) is 1. The third-order valence-corrected chi connectivity index (χ3v) is 3.29. The van der Waals surface area contributed by atoms with Crippen LogP contribution in [0.2, 0.25) is 0 Å². The maximum Gasteiger partial charge on any atom is 0.272 e. The molecule has 1 fully saturated rings. The van der Waals surface area contributed by atoms with E-state index in [1.807, 2.05) is 0 Å². The van der Waals surface area contributed by atoms with Crippen molar-refractivity contribution in [1.29, 1.82) is 0 Å². The minimum atomic E-state index is -3.86. The topological polar surface area (TPSA) is 98.3 Å². The summed E-state index contributed by atoms with van der Waals surface area (Å²) in [6, 6.07) is 1.20. The van der Waals surface area contributed by atoms with Crippen LogP contribution in [0.25, 0.3) is 0 Å². The fourth-order valence-corrected chi connectivity index (χ4v) is 1.97. The van der Waals surface area contributed by atoms with E-state index in [1.54, 1.807) is 4.90 Å². The molecule has 8 heteroatoms. The minimum absolute atomic E-state index is 0.212. The van der Waals surface area contributed by atoms with Crippen LogP contribution in [0.15, 0.2) is 11.1 Å². The quantitative estimate of drug-likeness (QED) is 0.715. The number of hydrogen-bond acceptors (Lipinski definition) is 4. The summed E-state index contributed by atoms with van der Waals surface area (Å²) >= 11 is 0. The number of aromatic nitrogens is 2. The Morgan fingerprint density at radius 1 is 1.50 bits per heavy atom. The van der Waals surface area contributed by atoms with Gasteiger partial charge in [0, 0.05) is 26.2 Å². The Hall–Kier alpha value is -1.41. The van der Waals surface area contributed by atoms with Crippen LogP contribution < -0.4 is 5.14 Å². The molecule has 0 aromatic carbocycles. The third-order valence-electron chi connectivity index (χ3n) is 2.51. The Balaban J connectivity index is 2.35. The molecule has 1 aromatic heterocycles. The van der Waals surface area contributed by atoms with Crippen molar-refractivity contribution >= 4 is 15.9 Å². The summed E-state index contributed by atoms with van der Waals surface area (Å²) in [5.41, 5.74) is 0.240. The molecule has 1 aliphatic rings. The van der Waals surface area contributed by atoms with Crippen LogP contribution >= 0.6 is 0 Å². The molecule has 1 aliphatic heterocycles. The van der Waals surface area contributed by atoms with Crippen molar-refractivity contribution in [3.05, 3.63) is 11.8 Å². The van der Waals surface area contributed by atoms with Crippen LogP contribution in [0.4, 0.5) is 0 Å². The van der Waals surface area contributed by atoms with Crippen molar-refractivity contribution < 1.29 is 13.2 Å². The van der Waals surface area contributed by atoms with Gasteiger partial charge < -0.3 is 4.90 Å². The van der Waals surface area contributed by atoms with Gasteiger partial charge in [-0.25, -0.2) is 13.6 Å². The molecule has 0 unspecified atom stereocenters. The van der Waals surface area contributed by atoms with Crippen LogP contribution in [-0.2, 0) is 17.1 Å². The number of likely N-dealkylation sites (tertiary alicyclic amines) is 1. The molecule has 88 valence electrons. The maximum absolute atomic E-state index is 11.8. The zero-order valence-electron chi connectivity index (χ0n) is 8.75. The number of carbonyl (C=O) groups is 1. The monoisotopic (exact) mass is 244 g/mol. The van der Waals surface area contributed by atoms with Crippen molar-refractivity contribution in [3.8, 4) is 0 Å². The number of rotatable bonds is 2. The first-order valence-corrected chi connectivity index (χ1v) is 6.30. The van der Waals surface area contributed by atoms with E-state index in [0.29, 0.717) is 13.1 Å². The van der Waals surface area contributed by atoms with Crippen molar-refractivity contribution in [2.75, 3.05) is 13.1 Å². The number of nitrogens with two attached hydrogens (primary N) is 1. The highest BCUT2D eigenvalue weighted by molar-refractivity contribution is 7.89. The number of nitrogens with zero attached hydrogens (tertiary/aromatic N) is 3. The number of sulfonamides is 1. The van der Waals surface area contributed by atoms with Gasteiger partial charge in [0.15, 0.2) is 5.03 Å². The summed E-state index contributed by atoms with van der Waals surface area (Å²) in [4.78, 5) is 13.4. The van der Waals surface area contributed by atoms with Crippen LogP contribution in [0.1, 0.15) is 16.9 Å². The largest absolute Gasteiger partial charge is 0.337 e. The third kappa shape index (κ3) is 1.81. The van der Waals surface area contributed by atoms with Crippen LogP contribution in [0, 0.1) is 0 Å². The highest BCUT2D eigenvalue weighted by Gasteiger charge is 2.26. The first-order chi connectivity index (χ1) is 7.39. The predicted octanol–water partition coefficient (Wildman–Crippen LogP) is -1.09. The van der Waals surface area contributed by atoms with E-state index in [0.717, 1.165) is 6.42 Å². The lowest BCUT2D eigenvalue weighted by molar-refractivity contribution is 0.0640. The van der Waals surface area contributed by atoms with Gasteiger partial charge in [-0.1, -0.05) is 0 Å². The van der Waals surface area contributed by atoms with Crippen LogP contribution in [0.5, 0.6) is 0 Å². The van der Waals surface area contributed by atoms with Gasteiger partial charge >= 0.3 is 0 Å². The van der Waals surface area contributed by atoms with Crippen molar-refractivity contribution in [2.45, 2.75) is 11.4 Å². The Kier molecular flexibility index (Phi) is 2.47. The molecular weight excluding hydrogens is 232 g/mol. The van der Waals surface area contributed by atoms with Crippen molar-refractivity contribution in [1.82, 2.24) is 14.7 Å². The van der Waals surface area contributed by atoms with E-state index in [2.05, 4.69) is 5.10 Å². The molecule has 16 heavy (non-hydrogen) atoms. The smallest absolute Gasteiger partial charge is 0.272 e. The van der Waals surface area contributed by atoms with E-state index in [9.17, 15) is 13.2 Å². The minimum Gasteiger partial charge on any atom is -0.337 e. The number of primary sulfonamides is 1. The molecule has 0 radical (unpaired) electrons. The average molecular weight is 244 g/mol. The SMILES string of the molecule is Cn1nc(S(N)(=O)=O)cc1C(=O)N1CCC1. The zero-order valence-corrected chi connectivity index (χ0v) is 9.57. The number of amides is 1. The summed E-state index contributed by atoms with van der Waals surface area (Å²) in [5, 5.41) is 8.35. The summed E-state index contributed by atoms with van der Waals surface area (Å²) in [6.45, 7) is 1.41. The first kappa shape index (κ1) is 11.1. The van der Waals surface area contributed by atoms with Crippen LogP contribution in [-0.4, -0.2) is 42.1 Å². The number of aryl methyl sites for hydroxylation is 1. The molecule has 1 saturated heterocycles. The Morgan fingerprint density at radius 2 is 2.12 bits per heavy atom. The highest BCUT2D eigenvalue weighted by Crippen LogP contribution is 2.14. The standard InChI is InChI=1S/C8H12N4O3S/c1-11-6(8(13)12-3-2-4-12)5-7(10-11)16(9,14)15/h5H,2-4H2,1H3,(H2,9,14,15). The fourth-order valence-electron chi connectivity index (χ4n) is 1.46. The summed E-state index contributed by atoms with van der Waals surface area (Å²) < 4.78 is 23.3. The predicted molar refractivity (Wildman–Crippen MR) is 55.1 cm³/mol. The maximum atomic E-state index is 11.8. The zero-order chi connectivity index (χ0) is 11.9. The molecule has 7 nitrogen and oxygen atoms in total. The Labute approximate surface area is 92.9 Å². The van der Waals surface area contributed by atoms with Gasteiger partial charge in [-0.2, -0.15) is 5.10 Å². The van der Waals surface area contributed by atoms with Gasteiger partial charge in [0.05, 0.1) is 0 Å². The first-order valence-electron chi connectivity index (χ1n) is 4.76. The molecule has 2 heterocycles. The average Bonchev–Trinajstić information content (AvgIpc) is 2.42. The molecule has 0 atom stereocenters. The van der Waals surface area contributed by atoms with Crippen LogP contribution in [0.3, 0.4) is 0 Å². The highest BCUT2D eigenvalue weighted by atomic mass is 32.2. The molecule has 0 bridgehead atoms. The second kappa shape index (κ2) is 3.56. The lowest BCUT2D eigenvalue weighted by Gasteiger charge is -2.30. The molecule has 1 aromatic rings. The van der Waals surface area contributed by atoms with E-state index in [4.69, 9.17) is 5.14 Å². The van der Waals surface area contributed by atoms with Gasteiger partial charge in [0.25, 0.3) is 15.9 Å². The molecule has 2 N–H and O–H groups in total. The van der Waals surface area contributed by atoms with E-state index in [1.165, 1.54) is 17.8 Å². The van der Waals surface area contributed by atoms with Gasteiger partial charge in [-0.3, -0.25) is 9.48 Å². The molecular formula is C8H12N4O3S. The van der Waals surface area contributed by atoms with Gasteiger partial charge in [0.2, 0.25) is 0 Å². The van der Waals surface area contributed by atoms with E-state index < -0.39 is 10.0 Å². The van der Waals surface area contributed by atoms with Gasteiger partial charge in [-0.15, -0.1) is 0 Å². The van der Waals surface area contributed by atoms with E-state index >= 15 is 0 Å². The summed E-state index contributed by atoms with van der Waals surface area (Å²) in [7, 11) is -2.34. The molecule has 0 aliphatic carbocycles. The molecule has 1 amide bonds. The van der Waals surface area contributed by atoms with Crippen molar-refractivity contribution in [2.24, 2.45) is 12.2 Å². The Bertz CT molecular complexity index is 529. The fraction of sp³-hybridized carbons (Fsp3) is 0.500. The van der Waals surface area contributed by atoms with Gasteiger partial charge in [0.1, 0.15) is 5.69 Å². The van der Waals surface area contributed by atoms with Crippen molar-refractivity contribution in [3.63, 3.8) is 0 Å². The number of carbonyl (C=O) groups excluding carboxylic acids is 1. The Morgan fingerprint density at radius 3 is 2.50 bits per heavy atom. The summed E-state index contributed by atoms with van der Waals surface area (Å²) in [5.74, 6) is -0.212. The van der Waals surface area contributed by atoms with Gasteiger partial charge in [-0.05, 0) is 6.42 Å². The summed E-state index contributed by atoms with van der Waals surface area (Å²) in [6.07, 6.45) is 0.978. The molecule has 0 spiro atoms. The second-order valence-electron chi connectivity index (χ2n) is 3.68. The molecule has 0 saturated carbocycles. The lowest BCUT2D eigenvalue weighted by Crippen LogP contribution is -2.42. The normalized spacial score (nSPS) is 16.0. The second-order valence-corrected chi connectivity index (χ2v) is 5.19. The molecule has 2 rings (SSSR count).